The zero-order chi connectivity index (χ0) is 16.7. The first kappa shape index (κ1) is 20.4. The highest BCUT2D eigenvalue weighted by Crippen LogP contribution is 2.46. The molecule has 1 N–H and O–H groups in total. The fraction of sp³-hybridized carbons (Fsp3) is 0.833. The van der Waals surface area contributed by atoms with Crippen molar-refractivity contribution >= 4 is 31.2 Å². The van der Waals surface area contributed by atoms with Crippen LogP contribution in [-0.4, -0.2) is 55.9 Å². The first-order chi connectivity index (χ1) is 9.56. The van der Waals surface area contributed by atoms with E-state index in [1.807, 2.05) is 0 Å². The first-order valence-corrected chi connectivity index (χ1v) is 9.40. The number of alkyl carbamates (subject to hydrolysis) is 1. The van der Waals surface area contributed by atoms with Gasteiger partial charge in [0.25, 0.3) is 0 Å². The fourth-order valence-corrected chi connectivity index (χ4v) is 2.95. The van der Waals surface area contributed by atoms with Crippen LogP contribution in [-0.2, 0) is 23.1 Å². The van der Waals surface area contributed by atoms with Gasteiger partial charge in [0.05, 0.1) is 0 Å². The van der Waals surface area contributed by atoms with Gasteiger partial charge >= 0.3 is 13.7 Å². The Kier molecular flexibility index (Phi) is 8.54. The highest BCUT2D eigenvalue weighted by atomic mass is 32.2. The molecule has 9 heteroatoms. The zero-order valence-corrected chi connectivity index (χ0v) is 15.0. The molecule has 0 bridgehead atoms. The molecular weight excluding hydrogens is 317 g/mol. The van der Waals surface area contributed by atoms with Crippen LogP contribution < -0.4 is 5.32 Å². The minimum absolute atomic E-state index is 0.339. The number of hydrogen-bond acceptors (Lipinski definition) is 7. The van der Waals surface area contributed by atoms with Crippen molar-refractivity contribution in [2.45, 2.75) is 32.4 Å². The Morgan fingerprint density at radius 1 is 1.24 bits per heavy atom. The Bertz CT molecular complexity index is 401. The Balaban J connectivity index is 4.78. The average Bonchev–Trinajstić information content (AvgIpc) is 2.35. The van der Waals surface area contributed by atoms with E-state index in [-0.39, 0.29) is 0 Å². The molecule has 0 aliphatic rings. The first-order valence-electron chi connectivity index (χ1n) is 6.28. The topological polar surface area (TPSA) is 90.9 Å². The minimum Gasteiger partial charge on any atom is -0.444 e. The number of nitrogens with one attached hydrogen (secondary N) is 1. The lowest BCUT2D eigenvalue weighted by atomic mass is 10.2. The largest absolute Gasteiger partial charge is 0.444 e. The second kappa shape index (κ2) is 8.78. The molecule has 0 aromatic carbocycles. The van der Waals surface area contributed by atoms with Gasteiger partial charge in [0, 0.05) is 20.0 Å². The maximum Gasteiger partial charge on any atom is 0.408 e. The Morgan fingerprint density at radius 2 is 1.76 bits per heavy atom. The van der Waals surface area contributed by atoms with E-state index >= 15 is 0 Å². The molecule has 0 fully saturated rings. The summed E-state index contributed by atoms with van der Waals surface area (Å²) in [5.74, 6) is -0.0897. The monoisotopic (exact) mass is 341 g/mol. The standard InChI is InChI=1S/C12H24NO6PS/c1-12(2,3)19-11(15)13-9(8-21-6)10(14)7-20(16,17-4)18-5/h9H,7-8H2,1-6H3,(H,13,15). The highest BCUT2D eigenvalue weighted by Gasteiger charge is 2.31. The molecule has 0 saturated heterocycles. The maximum atomic E-state index is 12.2. The van der Waals surface area contributed by atoms with Crippen LogP contribution in [0.2, 0.25) is 0 Å². The van der Waals surface area contributed by atoms with Crippen LogP contribution in [0.3, 0.4) is 0 Å². The van der Waals surface area contributed by atoms with Crippen LogP contribution in [0.4, 0.5) is 4.79 Å². The molecule has 1 amide bonds. The van der Waals surface area contributed by atoms with Crippen LogP contribution in [0, 0.1) is 0 Å². The summed E-state index contributed by atoms with van der Waals surface area (Å²) >= 11 is 1.38. The van der Waals surface area contributed by atoms with Gasteiger partial charge in [-0.25, -0.2) is 4.79 Å². The van der Waals surface area contributed by atoms with Crippen molar-refractivity contribution in [3.05, 3.63) is 0 Å². The van der Waals surface area contributed by atoms with Crippen molar-refractivity contribution in [1.29, 1.82) is 0 Å². The van der Waals surface area contributed by atoms with Crippen LogP contribution in [0.5, 0.6) is 0 Å². The van der Waals surface area contributed by atoms with E-state index in [0.29, 0.717) is 5.75 Å². The van der Waals surface area contributed by atoms with Crippen LogP contribution in [0.25, 0.3) is 0 Å². The van der Waals surface area contributed by atoms with Crippen LogP contribution >= 0.6 is 19.4 Å². The maximum absolute atomic E-state index is 12.2. The number of ether oxygens (including phenoxy) is 1. The van der Waals surface area contributed by atoms with Gasteiger partial charge in [-0.3, -0.25) is 9.36 Å². The van der Waals surface area contributed by atoms with Gasteiger partial charge in [-0.2, -0.15) is 11.8 Å². The molecule has 0 saturated carbocycles. The van der Waals surface area contributed by atoms with Crippen molar-refractivity contribution in [2.24, 2.45) is 0 Å². The number of amides is 1. The summed E-state index contributed by atoms with van der Waals surface area (Å²) in [6.45, 7) is 5.17. The molecule has 0 spiro atoms. The molecule has 21 heavy (non-hydrogen) atoms. The predicted octanol–water partition coefficient (Wildman–Crippen LogP) is 2.30. The summed E-state index contributed by atoms with van der Waals surface area (Å²) in [7, 11) is -1.03. The van der Waals surface area contributed by atoms with Gasteiger partial charge in [0.1, 0.15) is 17.8 Å². The highest BCUT2D eigenvalue weighted by molar-refractivity contribution is 7.98. The third-order valence-electron chi connectivity index (χ3n) is 2.32. The van der Waals surface area contributed by atoms with E-state index in [2.05, 4.69) is 5.32 Å². The van der Waals surface area contributed by atoms with Gasteiger partial charge in [0.15, 0.2) is 5.78 Å². The van der Waals surface area contributed by atoms with Gasteiger partial charge in [0.2, 0.25) is 0 Å². The molecule has 1 unspecified atom stereocenters. The van der Waals surface area contributed by atoms with Crippen LogP contribution in [0.15, 0.2) is 0 Å². The summed E-state index contributed by atoms with van der Waals surface area (Å²) in [5.41, 5.74) is -0.661. The van der Waals surface area contributed by atoms with E-state index in [9.17, 15) is 14.2 Å². The molecule has 124 valence electrons. The van der Waals surface area contributed by atoms with Crippen molar-refractivity contribution in [3.8, 4) is 0 Å². The normalized spacial score (nSPS) is 13.6. The van der Waals surface area contributed by atoms with E-state index in [1.165, 1.54) is 26.0 Å². The summed E-state index contributed by atoms with van der Waals surface area (Å²) < 4.78 is 26.5. The van der Waals surface area contributed by atoms with Crippen molar-refractivity contribution < 1.29 is 27.9 Å². The molecule has 1 atom stereocenters. The number of ketones is 1. The lowest BCUT2D eigenvalue weighted by molar-refractivity contribution is -0.118. The molecule has 7 nitrogen and oxygen atoms in total. The molecule has 0 aliphatic heterocycles. The zero-order valence-electron chi connectivity index (χ0n) is 13.3. The van der Waals surface area contributed by atoms with Crippen molar-refractivity contribution in [3.63, 3.8) is 0 Å². The lowest BCUT2D eigenvalue weighted by Crippen LogP contribution is -2.46. The minimum atomic E-state index is -3.45. The molecule has 0 heterocycles. The fourth-order valence-electron chi connectivity index (χ4n) is 1.34. The Hall–Kier alpha value is -0.560. The molecule has 0 aromatic rings. The number of thioether (sulfide) groups is 1. The summed E-state index contributed by atoms with van der Waals surface area (Å²) in [4.78, 5) is 23.9. The third-order valence-corrected chi connectivity index (χ3v) is 4.80. The molecule has 0 radical (unpaired) electrons. The molecule has 0 aromatic heterocycles. The Labute approximate surface area is 130 Å². The molecule has 0 rings (SSSR count). The van der Waals surface area contributed by atoms with E-state index in [4.69, 9.17) is 13.8 Å². The second-order valence-electron chi connectivity index (χ2n) is 5.25. The van der Waals surface area contributed by atoms with Gasteiger partial charge in [-0.1, -0.05) is 0 Å². The summed E-state index contributed by atoms with van der Waals surface area (Å²) in [6, 6.07) is -0.812. The quantitative estimate of drug-likeness (QED) is 0.677. The number of carbonyl (C=O) groups excluding carboxylic acids is 2. The van der Waals surface area contributed by atoms with E-state index < -0.39 is 37.3 Å². The predicted molar refractivity (Wildman–Crippen MR) is 83.0 cm³/mol. The van der Waals surface area contributed by atoms with Crippen LogP contribution in [0.1, 0.15) is 20.8 Å². The van der Waals surface area contributed by atoms with Gasteiger partial charge < -0.3 is 19.1 Å². The smallest absolute Gasteiger partial charge is 0.408 e. The van der Waals surface area contributed by atoms with Crippen molar-refractivity contribution in [2.75, 3.05) is 32.4 Å². The summed E-state index contributed by atoms with van der Waals surface area (Å²) in [6.07, 6.45) is 0.698. The summed E-state index contributed by atoms with van der Waals surface area (Å²) in [5, 5.41) is 2.48. The SMILES string of the molecule is COP(=O)(CC(=O)C(CSC)NC(=O)OC(C)(C)C)OC. The number of Topliss-reactive ketones (excluding diaryl/α,β-unsaturated/α-hetero) is 1. The van der Waals surface area contributed by atoms with E-state index in [1.54, 1.807) is 27.0 Å². The third kappa shape index (κ3) is 8.46. The Morgan fingerprint density at radius 3 is 2.14 bits per heavy atom. The number of rotatable bonds is 8. The lowest BCUT2D eigenvalue weighted by Gasteiger charge is -2.23. The number of carbonyl (C=O) groups is 2. The average molecular weight is 341 g/mol. The number of hydrogen-bond donors (Lipinski definition) is 1. The van der Waals surface area contributed by atoms with E-state index in [0.717, 1.165) is 0 Å². The molecular formula is C12H24NO6PS. The van der Waals surface area contributed by atoms with Crippen molar-refractivity contribution in [1.82, 2.24) is 5.32 Å². The molecule has 0 aliphatic carbocycles. The van der Waals surface area contributed by atoms with Gasteiger partial charge in [-0.15, -0.1) is 0 Å². The van der Waals surface area contributed by atoms with Gasteiger partial charge in [-0.05, 0) is 27.0 Å². The second-order valence-corrected chi connectivity index (χ2v) is 8.43.